The first-order valence-corrected chi connectivity index (χ1v) is 12.6. The zero-order valence-corrected chi connectivity index (χ0v) is 21.1. The van der Waals surface area contributed by atoms with E-state index in [1.807, 2.05) is 54.7 Å². The molecule has 0 atom stereocenters. The standard InChI is InChI=1S/C28H23ClN2O4S/c1-34-24-12-4-5-13-25(24)35-15-7-14-30-18-19(22-10-2-3-11-23(22)30)16-26-27(32)31(28(33)36-26)21-9-6-8-20(29)17-21/h2-6,8-13,16-18H,7,14-15H2,1H3/b26-16-. The number of hydrogen-bond acceptors (Lipinski definition) is 5. The summed E-state index contributed by atoms with van der Waals surface area (Å²) < 4.78 is 13.4. The van der Waals surface area contributed by atoms with Gasteiger partial charge in [-0.05, 0) is 60.7 Å². The largest absolute Gasteiger partial charge is 0.493 e. The van der Waals surface area contributed by atoms with E-state index < -0.39 is 0 Å². The van der Waals surface area contributed by atoms with Gasteiger partial charge in [-0.2, -0.15) is 0 Å². The SMILES string of the molecule is COc1ccccc1OCCCn1cc(/C=C2\SC(=O)N(c3cccc(Cl)c3)C2=O)c2ccccc21. The Kier molecular flexibility index (Phi) is 7.02. The Hall–Kier alpha value is -3.68. The number of amides is 2. The molecule has 1 aliphatic heterocycles. The number of aromatic nitrogens is 1. The number of benzene rings is 3. The van der Waals surface area contributed by atoms with E-state index in [2.05, 4.69) is 4.57 Å². The van der Waals surface area contributed by atoms with Crippen LogP contribution < -0.4 is 14.4 Å². The summed E-state index contributed by atoms with van der Waals surface area (Å²) in [6.07, 6.45) is 4.59. The molecule has 0 radical (unpaired) electrons. The Morgan fingerprint density at radius 2 is 1.75 bits per heavy atom. The summed E-state index contributed by atoms with van der Waals surface area (Å²) in [7, 11) is 1.62. The number of rotatable bonds is 8. The average Bonchev–Trinajstić information content (AvgIpc) is 3.38. The van der Waals surface area contributed by atoms with Gasteiger partial charge in [0, 0.05) is 34.2 Å². The second-order valence-corrected chi connectivity index (χ2v) is 9.57. The summed E-state index contributed by atoms with van der Waals surface area (Å²) in [5.74, 6) is 1.07. The lowest BCUT2D eigenvalue weighted by Gasteiger charge is -2.12. The van der Waals surface area contributed by atoms with Crippen molar-refractivity contribution in [1.29, 1.82) is 0 Å². The van der Waals surface area contributed by atoms with Crippen molar-refractivity contribution in [3.63, 3.8) is 0 Å². The van der Waals surface area contributed by atoms with Gasteiger partial charge in [-0.25, -0.2) is 4.90 Å². The number of halogens is 1. The third-order valence-electron chi connectivity index (χ3n) is 5.84. The number of ether oxygens (including phenoxy) is 2. The van der Waals surface area contributed by atoms with Gasteiger partial charge in [0.05, 0.1) is 24.3 Å². The number of carbonyl (C=O) groups is 2. The molecule has 0 saturated carbocycles. The highest BCUT2D eigenvalue weighted by Crippen LogP contribution is 2.37. The van der Waals surface area contributed by atoms with E-state index in [0.717, 1.165) is 46.1 Å². The molecule has 1 aliphatic rings. The fourth-order valence-corrected chi connectivity index (χ4v) is 5.19. The van der Waals surface area contributed by atoms with E-state index in [4.69, 9.17) is 21.1 Å². The summed E-state index contributed by atoms with van der Waals surface area (Å²) in [6.45, 7) is 1.26. The molecule has 1 saturated heterocycles. The van der Waals surface area contributed by atoms with Crippen molar-refractivity contribution in [2.75, 3.05) is 18.6 Å². The van der Waals surface area contributed by atoms with Gasteiger partial charge in [0.25, 0.3) is 11.1 Å². The highest BCUT2D eigenvalue weighted by atomic mass is 35.5. The number of aryl methyl sites for hydroxylation is 1. The maximum atomic E-state index is 13.1. The zero-order valence-electron chi connectivity index (χ0n) is 19.5. The molecule has 8 heteroatoms. The highest BCUT2D eigenvalue weighted by molar-refractivity contribution is 8.19. The monoisotopic (exact) mass is 518 g/mol. The second kappa shape index (κ2) is 10.5. The first kappa shape index (κ1) is 24.0. The maximum absolute atomic E-state index is 13.1. The van der Waals surface area contributed by atoms with E-state index in [-0.39, 0.29) is 11.1 Å². The van der Waals surface area contributed by atoms with Crippen LogP contribution in [0.4, 0.5) is 10.5 Å². The van der Waals surface area contributed by atoms with Crippen LogP contribution in [0.15, 0.2) is 83.9 Å². The lowest BCUT2D eigenvalue weighted by atomic mass is 10.1. The summed E-state index contributed by atoms with van der Waals surface area (Å²) in [4.78, 5) is 27.3. The number of nitrogens with zero attached hydrogens (tertiary/aromatic N) is 2. The molecule has 2 heterocycles. The molecule has 1 aromatic heterocycles. The molecule has 0 unspecified atom stereocenters. The minimum atomic E-state index is -0.352. The summed E-state index contributed by atoms with van der Waals surface area (Å²) >= 11 is 7.00. The van der Waals surface area contributed by atoms with E-state index in [1.54, 1.807) is 37.5 Å². The van der Waals surface area contributed by atoms with Gasteiger partial charge in [-0.3, -0.25) is 9.59 Å². The first-order chi connectivity index (χ1) is 17.5. The van der Waals surface area contributed by atoms with Crippen LogP contribution in [0.3, 0.4) is 0 Å². The van der Waals surface area contributed by atoms with Crippen LogP contribution >= 0.6 is 23.4 Å². The Morgan fingerprint density at radius 1 is 0.972 bits per heavy atom. The molecule has 0 aliphatic carbocycles. The molecule has 1 fully saturated rings. The van der Waals surface area contributed by atoms with Crippen molar-refractivity contribution in [3.05, 3.63) is 94.5 Å². The lowest BCUT2D eigenvalue weighted by Crippen LogP contribution is -2.27. The fraction of sp³-hybridized carbons (Fsp3) is 0.143. The quantitative estimate of drug-likeness (QED) is 0.185. The molecular formula is C28H23ClN2O4S. The van der Waals surface area contributed by atoms with Crippen molar-refractivity contribution in [1.82, 2.24) is 4.57 Å². The fourth-order valence-electron chi connectivity index (χ4n) is 4.18. The van der Waals surface area contributed by atoms with Crippen LogP contribution in [0, 0.1) is 0 Å². The van der Waals surface area contributed by atoms with Crippen molar-refractivity contribution in [2.45, 2.75) is 13.0 Å². The highest BCUT2D eigenvalue weighted by Gasteiger charge is 2.36. The second-order valence-electron chi connectivity index (χ2n) is 8.14. The smallest absolute Gasteiger partial charge is 0.298 e. The van der Waals surface area contributed by atoms with Gasteiger partial charge < -0.3 is 14.0 Å². The van der Waals surface area contributed by atoms with Crippen LogP contribution in [0.25, 0.3) is 17.0 Å². The molecule has 4 aromatic rings. The third-order valence-corrected chi connectivity index (χ3v) is 6.94. The van der Waals surface area contributed by atoms with Gasteiger partial charge in [-0.1, -0.05) is 48.0 Å². The number of para-hydroxylation sites is 3. The van der Waals surface area contributed by atoms with Crippen molar-refractivity contribution < 1.29 is 19.1 Å². The Balaban J connectivity index is 1.35. The third kappa shape index (κ3) is 4.85. The average molecular weight is 519 g/mol. The minimum Gasteiger partial charge on any atom is -0.493 e. The van der Waals surface area contributed by atoms with Crippen LogP contribution in [0.2, 0.25) is 5.02 Å². The molecule has 182 valence electrons. The van der Waals surface area contributed by atoms with Crippen LogP contribution in [-0.4, -0.2) is 29.4 Å². The molecule has 6 nitrogen and oxygen atoms in total. The van der Waals surface area contributed by atoms with Crippen molar-refractivity contribution in [2.24, 2.45) is 0 Å². The van der Waals surface area contributed by atoms with Crippen molar-refractivity contribution in [3.8, 4) is 11.5 Å². The van der Waals surface area contributed by atoms with E-state index in [1.165, 1.54) is 0 Å². The van der Waals surface area contributed by atoms with E-state index in [9.17, 15) is 9.59 Å². The maximum Gasteiger partial charge on any atom is 0.298 e. The molecule has 0 spiro atoms. The van der Waals surface area contributed by atoms with E-state index in [0.29, 0.717) is 33.7 Å². The normalized spacial score (nSPS) is 14.7. The molecule has 0 N–H and O–H groups in total. The first-order valence-electron chi connectivity index (χ1n) is 11.4. The predicted octanol–water partition coefficient (Wildman–Crippen LogP) is 7.01. The molecule has 3 aromatic carbocycles. The van der Waals surface area contributed by atoms with Crippen LogP contribution in [-0.2, 0) is 11.3 Å². The lowest BCUT2D eigenvalue weighted by molar-refractivity contribution is -0.113. The molecule has 36 heavy (non-hydrogen) atoms. The number of anilines is 1. The number of methoxy groups -OCH3 is 1. The number of carbonyl (C=O) groups excluding carboxylic acids is 2. The summed E-state index contributed by atoms with van der Waals surface area (Å²) in [5, 5.41) is 1.14. The molecule has 0 bridgehead atoms. The minimum absolute atomic E-state index is 0.342. The topological polar surface area (TPSA) is 60.8 Å². The van der Waals surface area contributed by atoms with Gasteiger partial charge >= 0.3 is 0 Å². The Morgan fingerprint density at radius 3 is 2.56 bits per heavy atom. The van der Waals surface area contributed by atoms with Gasteiger partial charge in [0.15, 0.2) is 11.5 Å². The Bertz CT molecular complexity index is 1480. The molecular weight excluding hydrogens is 496 g/mol. The van der Waals surface area contributed by atoms with Crippen LogP contribution in [0.1, 0.15) is 12.0 Å². The van der Waals surface area contributed by atoms with E-state index >= 15 is 0 Å². The predicted molar refractivity (Wildman–Crippen MR) is 145 cm³/mol. The van der Waals surface area contributed by atoms with Gasteiger partial charge in [0.1, 0.15) is 0 Å². The van der Waals surface area contributed by atoms with Crippen LogP contribution in [0.5, 0.6) is 11.5 Å². The van der Waals surface area contributed by atoms with Crippen molar-refractivity contribution >= 4 is 57.2 Å². The van der Waals surface area contributed by atoms with Gasteiger partial charge in [-0.15, -0.1) is 0 Å². The summed E-state index contributed by atoms with van der Waals surface area (Å²) in [5.41, 5.74) is 2.40. The Labute approximate surface area is 218 Å². The zero-order chi connectivity index (χ0) is 25.1. The molecule has 5 rings (SSSR count). The number of imide groups is 1. The molecule has 2 amide bonds. The summed E-state index contributed by atoms with van der Waals surface area (Å²) in [6, 6.07) is 22.3. The number of thioether (sulfide) groups is 1. The number of hydrogen-bond donors (Lipinski definition) is 0. The number of fused-ring (bicyclic) bond motifs is 1. The van der Waals surface area contributed by atoms with Gasteiger partial charge in [0.2, 0.25) is 0 Å².